The number of aryl methyl sites for hydroxylation is 1. The van der Waals surface area contributed by atoms with Gasteiger partial charge in [0.1, 0.15) is 0 Å². The van der Waals surface area contributed by atoms with Crippen LogP contribution in [0.1, 0.15) is 43.5 Å². The van der Waals surface area contributed by atoms with E-state index in [9.17, 15) is 4.21 Å². The molecule has 0 saturated heterocycles. The summed E-state index contributed by atoms with van der Waals surface area (Å²) in [6, 6.07) is 18.8. The van der Waals surface area contributed by atoms with E-state index in [4.69, 9.17) is 0 Å². The predicted octanol–water partition coefficient (Wildman–Crippen LogP) is 3.81. The van der Waals surface area contributed by atoms with Gasteiger partial charge in [0.2, 0.25) is 0 Å². The molecule has 146 valence electrons. The van der Waals surface area contributed by atoms with Crippen LogP contribution < -0.4 is 10.6 Å². The summed E-state index contributed by atoms with van der Waals surface area (Å²) < 4.78 is 12.3. The second-order valence-corrected chi connectivity index (χ2v) is 8.07. The normalized spacial score (nSPS) is 13.8. The molecule has 0 radical (unpaired) electrons. The molecule has 0 aliphatic rings. The van der Waals surface area contributed by atoms with Gasteiger partial charge in [0.15, 0.2) is 5.96 Å². The van der Waals surface area contributed by atoms with Crippen molar-refractivity contribution in [2.75, 3.05) is 18.8 Å². The molecule has 0 fully saturated rings. The number of guanidine groups is 1. The Kier molecular flexibility index (Phi) is 9.05. The van der Waals surface area contributed by atoms with Gasteiger partial charge in [-0.2, -0.15) is 0 Å². The van der Waals surface area contributed by atoms with Gasteiger partial charge in [0.25, 0.3) is 0 Å². The molecule has 0 aromatic heterocycles. The smallest absolute Gasteiger partial charge is 0.191 e. The van der Waals surface area contributed by atoms with E-state index in [2.05, 4.69) is 53.7 Å². The van der Waals surface area contributed by atoms with Crippen LogP contribution in [0.4, 0.5) is 0 Å². The predicted molar refractivity (Wildman–Crippen MR) is 117 cm³/mol. The molecule has 0 spiro atoms. The summed E-state index contributed by atoms with van der Waals surface area (Å²) in [6.45, 7) is 7.66. The molecule has 0 heterocycles. The molecule has 2 rings (SSSR count). The van der Waals surface area contributed by atoms with E-state index in [1.807, 2.05) is 37.3 Å². The van der Waals surface area contributed by atoms with Crippen LogP contribution in [0.2, 0.25) is 0 Å². The van der Waals surface area contributed by atoms with Crippen LogP contribution in [-0.4, -0.2) is 29.0 Å². The Morgan fingerprint density at radius 3 is 2.37 bits per heavy atom. The molecule has 2 aromatic carbocycles. The highest BCUT2D eigenvalue weighted by Crippen LogP contribution is 2.13. The second-order valence-electron chi connectivity index (χ2n) is 6.50. The fraction of sp³-hybridized carbons (Fsp3) is 0.409. The summed E-state index contributed by atoms with van der Waals surface area (Å²) in [7, 11) is -0.906. The molecule has 0 amide bonds. The van der Waals surface area contributed by atoms with Gasteiger partial charge >= 0.3 is 0 Å². The van der Waals surface area contributed by atoms with Gasteiger partial charge in [0.05, 0.1) is 12.6 Å². The van der Waals surface area contributed by atoms with Crippen molar-refractivity contribution in [2.24, 2.45) is 4.99 Å². The Balaban J connectivity index is 1.87. The molecule has 0 aliphatic carbocycles. The molecule has 27 heavy (non-hydrogen) atoms. The first-order chi connectivity index (χ1) is 13.1. The van der Waals surface area contributed by atoms with Crippen LogP contribution in [0.15, 0.2) is 59.6 Å². The minimum atomic E-state index is -0.906. The van der Waals surface area contributed by atoms with Crippen molar-refractivity contribution in [3.8, 4) is 0 Å². The Bertz CT molecular complexity index is 729. The van der Waals surface area contributed by atoms with Crippen molar-refractivity contribution < 1.29 is 4.21 Å². The van der Waals surface area contributed by atoms with E-state index in [-0.39, 0.29) is 6.04 Å². The number of benzene rings is 2. The highest BCUT2D eigenvalue weighted by atomic mass is 32.2. The molecule has 2 unspecified atom stereocenters. The number of hydrogen-bond acceptors (Lipinski definition) is 2. The monoisotopic (exact) mass is 385 g/mol. The SMILES string of the molecule is CCNC(=NCCS(=O)Cc1ccccc1)NC(C)c1ccc(CC)cc1. The molecule has 0 bridgehead atoms. The van der Waals surface area contributed by atoms with Gasteiger partial charge in [-0.3, -0.25) is 9.20 Å². The average Bonchev–Trinajstić information content (AvgIpc) is 2.69. The largest absolute Gasteiger partial charge is 0.357 e. The zero-order valence-corrected chi connectivity index (χ0v) is 17.4. The van der Waals surface area contributed by atoms with E-state index >= 15 is 0 Å². The van der Waals surface area contributed by atoms with Gasteiger partial charge in [-0.1, -0.05) is 61.5 Å². The fourth-order valence-corrected chi connectivity index (χ4v) is 3.75. The van der Waals surface area contributed by atoms with Crippen LogP contribution in [0, 0.1) is 0 Å². The van der Waals surface area contributed by atoms with Crippen LogP contribution in [0.5, 0.6) is 0 Å². The van der Waals surface area contributed by atoms with Gasteiger partial charge in [-0.15, -0.1) is 0 Å². The zero-order valence-electron chi connectivity index (χ0n) is 16.6. The summed E-state index contributed by atoms with van der Waals surface area (Å²) >= 11 is 0. The first-order valence-electron chi connectivity index (χ1n) is 9.65. The number of nitrogens with one attached hydrogen (secondary N) is 2. The molecular formula is C22H31N3OS. The first-order valence-corrected chi connectivity index (χ1v) is 11.1. The molecule has 0 saturated carbocycles. The quantitative estimate of drug-likeness (QED) is 0.510. The fourth-order valence-electron chi connectivity index (χ4n) is 2.74. The maximum atomic E-state index is 12.3. The lowest BCUT2D eigenvalue weighted by molar-refractivity contribution is 0.679. The van der Waals surface area contributed by atoms with Crippen molar-refractivity contribution in [1.29, 1.82) is 0 Å². The minimum absolute atomic E-state index is 0.156. The molecular weight excluding hydrogens is 354 g/mol. The van der Waals surface area contributed by atoms with Gasteiger partial charge in [-0.05, 0) is 37.0 Å². The molecule has 5 heteroatoms. The molecule has 2 aromatic rings. The topological polar surface area (TPSA) is 53.5 Å². The third-order valence-electron chi connectivity index (χ3n) is 4.34. The van der Waals surface area contributed by atoms with Crippen LogP contribution in [0.3, 0.4) is 0 Å². The van der Waals surface area contributed by atoms with Crippen LogP contribution >= 0.6 is 0 Å². The van der Waals surface area contributed by atoms with E-state index in [1.165, 1.54) is 11.1 Å². The Morgan fingerprint density at radius 2 is 1.74 bits per heavy atom. The average molecular weight is 386 g/mol. The summed E-state index contributed by atoms with van der Waals surface area (Å²) in [5.74, 6) is 1.91. The summed E-state index contributed by atoms with van der Waals surface area (Å²) in [5, 5.41) is 6.70. The standard InChI is InChI=1S/C22H31N3OS/c1-4-19-11-13-21(14-12-19)18(3)25-22(23-5-2)24-15-16-27(26)17-20-9-7-6-8-10-20/h6-14,18H,4-5,15-17H2,1-3H3,(H2,23,24,25). The molecule has 4 nitrogen and oxygen atoms in total. The zero-order chi connectivity index (χ0) is 19.5. The van der Waals surface area contributed by atoms with Crippen molar-refractivity contribution in [3.63, 3.8) is 0 Å². The number of aliphatic imine (C=N–C) groups is 1. The number of nitrogens with zero attached hydrogens (tertiary/aromatic N) is 1. The van der Waals surface area contributed by atoms with E-state index < -0.39 is 10.8 Å². The van der Waals surface area contributed by atoms with E-state index in [0.717, 1.165) is 24.5 Å². The number of rotatable bonds is 9. The summed E-state index contributed by atoms with van der Waals surface area (Å²) in [6.07, 6.45) is 1.05. The lowest BCUT2D eigenvalue weighted by Gasteiger charge is -2.18. The molecule has 2 N–H and O–H groups in total. The van der Waals surface area contributed by atoms with Gasteiger partial charge < -0.3 is 10.6 Å². The number of hydrogen-bond donors (Lipinski definition) is 2. The van der Waals surface area contributed by atoms with Crippen molar-refractivity contribution in [1.82, 2.24) is 10.6 Å². The molecule has 2 atom stereocenters. The van der Waals surface area contributed by atoms with Gasteiger partial charge in [0, 0.05) is 28.9 Å². The highest BCUT2D eigenvalue weighted by Gasteiger charge is 2.08. The summed E-state index contributed by atoms with van der Waals surface area (Å²) in [4.78, 5) is 4.60. The maximum Gasteiger partial charge on any atom is 0.191 e. The third kappa shape index (κ3) is 7.55. The second kappa shape index (κ2) is 11.5. The van der Waals surface area contributed by atoms with Crippen LogP contribution in [0.25, 0.3) is 0 Å². The Labute approximate surface area is 166 Å². The first kappa shape index (κ1) is 21.2. The van der Waals surface area contributed by atoms with E-state index in [1.54, 1.807) is 0 Å². The van der Waals surface area contributed by atoms with Crippen molar-refractivity contribution in [3.05, 3.63) is 71.3 Å². The highest BCUT2D eigenvalue weighted by molar-refractivity contribution is 7.84. The lowest BCUT2D eigenvalue weighted by Crippen LogP contribution is -2.39. The van der Waals surface area contributed by atoms with Gasteiger partial charge in [-0.25, -0.2) is 0 Å². The van der Waals surface area contributed by atoms with E-state index in [0.29, 0.717) is 18.1 Å². The third-order valence-corrected chi connectivity index (χ3v) is 5.64. The Morgan fingerprint density at radius 1 is 1.04 bits per heavy atom. The van der Waals surface area contributed by atoms with Crippen molar-refractivity contribution >= 4 is 16.8 Å². The maximum absolute atomic E-state index is 12.3. The minimum Gasteiger partial charge on any atom is -0.357 e. The lowest BCUT2D eigenvalue weighted by atomic mass is 10.1. The van der Waals surface area contributed by atoms with Crippen molar-refractivity contribution in [2.45, 2.75) is 39.0 Å². The Hall–Kier alpha value is -2.14. The molecule has 0 aliphatic heterocycles. The van der Waals surface area contributed by atoms with Crippen LogP contribution in [-0.2, 0) is 23.0 Å². The summed E-state index contributed by atoms with van der Waals surface area (Å²) in [5.41, 5.74) is 3.67.